The Labute approximate surface area is 197 Å². The van der Waals surface area contributed by atoms with Crippen LogP contribution in [0, 0.1) is 0 Å². The highest BCUT2D eigenvalue weighted by Gasteiger charge is 2.23. The van der Waals surface area contributed by atoms with Crippen LogP contribution in [0.1, 0.15) is 21.5 Å². The number of carboxylic acids is 1. The highest BCUT2D eigenvalue weighted by atomic mass is 16.7. The number of methoxy groups -OCH3 is 1. The number of anilines is 1. The molecule has 0 aliphatic carbocycles. The van der Waals surface area contributed by atoms with E-state index < -0.39 is 11.8 Å². The minimum Gasteiger partial charge on any atom is -0.545 e. The Morgan fingerprint density at radius 2 is 1.65 bits per heavy atom. The first-order valence-electron chi connectivity index (χ1n) is 10.7. The van der Waals surface area contributed by atoms with Crippen molar-refractivity contribution in [2.45, 2.75) is 6.42 Å². The third-order valence-electron chi connectivity index (χ3n) is 5.60. The molecule has 34 heavy (non-hydrogen) atoms. The fourth-order valence-electron chi connectivity index (χ4n) is 3.81. The van der Waals surface area contributed by atoms with Gasteiger partial charge in [0.05, 0.1) is 13.1 Å². The topological polar surface area (TPSA) is 88.1 Å². The van der Waals surface area contributed by atoms with Gasteiger partial charge in [-0.3, -0.25) is 4.79 Å². The molecule has 3 aromatic rings. The van der Waals surface area contributed by atoms with Crippen LogP contribution in [-0.2, 0) is 11.2 Å². The Kier molecular flexibility index (Phi) is 6.54. The summed E-state index contributed by atoms with van der Waals surface area (Å²) in [5.74, 6) is -0.323. The lowest BCUT2D eigenvalue weighted by Gasteiger charge is -2.18. The monoisotopic (exact) mass is 458 g/mol. The van der Waals surface area contributed by atoms with E-state index in [4.69, 9.17) is 14.2 Å². The molecule has 0 atom stereocenters. The van der Waals surface area contributed by atoms with Crippen LogP contribution in [0.5, 0.6) is 17.2 Å². The van der Waals surface area contributed by atoms with Crippen molar-refractivity contribution in [1.82, 2.24) is 0 Å². The van der Waals surface area contributed by atoms with Crippen molar-refractivity contribution in [3.05, 3.63) is 89.0 Å². The van der Waals surface area contributed by atoms with Crippen molar-refractivity contribution in [3.63, 3.8) is 0 Å². The number of hydrogen-bond acceptors (Lipinski definition) is 7. The average molecular weight is 458 g/mol. The predicted octanol–water partition coefficient (Wildman–Crippen LogP) is 3.12. The van der Waals surface area contributed by atoms with E-state index in [2.05, 4.69) is 0 Å². The average Bonchev–Trinajstić information content (AvgIpc) is 3.31. The normalized spacial score (nSPS) is 12.7. The second kappa shape index (κ2) is 9.70. The number of allylic oxidation sites excluding steroid dienone is 1. The molecule has 7 nitrogen and oxygen atoms in total. The van der Waals surface area contributed by atoms with E-state index in [1.807, 2.05) is 43.3 Å². The molecule has 1 aliphatic heterocycles. The van der Waals surface area contributed by atoms with E-state index in [1.165, 1.54) is 7.11 Å². The van der Waals surface area contributed by atoms with Crippen molar-refractivity contribution in [2.75, 3.05) is 32.9 Å². The summed E-state index contributed by atoms with van der Waals surface area (Å²) in [5, 5.41) is 12.4. The van der Waals surface area contributed by atoms with Crippen LogP contribution in [0.4, 0.5) is 5.69 Å². The summed E-state index contributed by atoms with van der Waals surface area (Å²) in [6, 6.07) is 18.9. The summed E-state index contributed by atoms with van der Waals surface area (Å²) in [7, 11) is 5.36. The van der Waals surface area contributed by atoms with E-state index in [-0.39, 0.29) is 24.4 Å². The minimum atomic E-state index is -1.44. The molecule has 0 N–H and O–H groups in total. The second-order valence-electron chi connectivity index (χ2n) is 8.01. The quantitative estimate of drug-likeness (QED) is 0.379. The number of fused-ring (bicyclic) bond motifs is 1. The summed E-state index contributed by atoms with van der Waals surface area (Å²) in [6.07, 6.45) is 0.101. The largest absolute Gasteiger partial charge is 0.545 e. The molecule has 174 valence electrons. The summed E-state index contributed by atoms with van der Waals surface area (Å²) >= 11 is 0. The molecule has 1 heterocycles. The number of carbonyl (C=O) groups excluding carboxylic acids is 2. The number of ether oxygens (including phenoxy) is 3. The van der Waals surface area contributed by atoms with Crippen LogP contribution < -0.4 is 24.2 Å². The molecular weight excluding hydrogens is 434 g/mol. The standard InChI is InChI=1S/C27H25NO6/c1-28(2)20-6-4-5-17(13-20)14-22(26(29)18-7-10-21(32-3)11-8-18)25(27(30)31)19-9-12-23-24(15-19)34-16-33-23/h4-13,15H,14,16H2,1-3H3,(H,30,31)/p-1/b25-22-. The van der Waals surface area contributed by atoms with Gasteiger partial charge in [-0.2, -0.15) is 0 Å². The Bertz CT molecular complexity index is 1260. The number of Topliss-reactive ketones (excluding diaryl/α,β-unsaturated/α-hetero) is 1. The molecule has 0 bridgehead atoms. The lowest BCUT2D eigenvalue weighted by atomic mass is 9.89. The third-order valence-corrected chi connectivity index (χ3v) is 5.60. The predicted molar refractivity (Wildman–Crippen MR) is 126 cm³/mol. The van der Waals surface area contributed by atoms with E-state index in [1.54, 1.807) is 42.5 Å². The molecule has 0 saturated carbocycles. The van der Waals surface area contributed by atoms with Gasteiger partial charge in [-0.25, -0.2) is 0 Å². The van der Waals surface area contributed by atoms with Gasteiger partial charge in [-0.1, -0.05) is 18.2 Å². The lowest BCUT2D eigenvalue weighted by Crippen LogP contribution is -2.27. The van der Waals surface area contributed by atoms with Crippen molar-refractivity contribution in [1.29, 1.82) is 0 Å². The summed E-state index contributed by atoms with van der Waals surface area (Å²) in [6.45, 7) is 0.0537. The zero-order valence-corrected chi connectivity index (χ0v) is 19.2. The van der Waals surface area contributed by atoms with Crippen LogP contribution in [0.3, 0.4) is 0 Å². The first-order chi connectivity index (χ1) is 16.4. The molecule has 4 rings (SSSR count). The molecule has 1 aliphatic rings. The maximum Gasteiger partial charge on any atom is 0.231 e. The van der Waals surface area contributed by atoms with E-state index in [0.717, 1.165) is 11.3 Å². The van der Waals surface area contributed by atoms with Crippen molar-refractivity contribution in [3.8, 4) is 17.2 Å². The van der Waals surface area contributed by atoms with E-state index in [0.29, 0.717) is 28.4 Å². The summed E-state index contributed by atoms with van der Waals surface area (Å²) in [4.78, 5) is 28.0. The van der Waals surface area contributed by atoms with Gasteiger partial charge in [0.1, 0.15) is 5.75 Å². The Hall–Kier alpha value is -4.26. The first-order valence-corrected chi connectivity index (χ1v) is 10.7. The van der Waals surface area contributed by atoms with Crippen molar-refractivity contribution < 1.29 is 28.9 Å². The fourth-order valence-corrected chi connectivity index (χ4v) is 3.81. The third kappa shape index (κ3) is 4.73. The summed E-state index contributed by atoms with van der Waals surface area (Å²) < 4.78 is 15.9. The van der Waals surface area contributed by atoms with Gasteiger partial charge in [-0.15, -0.1) is 0 Å². The van der Waals surface area contributed by atoms with Crippen molar-refractivity contribution >= 4 is 23.0 Å². The second-order valence-corrected chi connectivity index (χ2v) is 8.01. The number of carbonyl (C=O) groups is 2. The highest BCUT2D eigenvalue weighted by Crippen LogP contribution is 2.36. The molecule has 3 aromatic carbocycles. The molecule has 0 amide bonds. The van der Waals surface area contributed by atoms with Crippen LogP contribution in [-0.4, -0.2) is 39.8 Å². The van der Waals surface area contributed by atoms with Gasteiger partial charge >= 0.3 is 0 Å². The maximum atomic E-state index is 13.7. The van der Waals surface area contributed by atoms with E-state index in [9.17, 15) is 14.7 Å². The molecule has 0 aromatic heterocycles. The Morgan fingerprint density at radius 3 is 2.32 bits per heavy atom. The van der Waals surface area contributed by atoms with Gasteiger partial charge in [0.15, 0.2) is 17.3 Å². The molecule has 0 unspecified atom stereocenters. The molecular formula is C27H24NO6-. The van der Waals surface area contributed by atoms with Gasteiger partial charge in [0.25, 0.3) is 0 Å². The zero-order valence-electron chi connectivity index (χ0n) is 19.2. The van der Waals surface area contributed by atoms with Crippen LogP contribution in [0.2, 0.25) is 0 Å². The highest BCUT2D eigenvalue weighted by molar-refractivity contribution is 6.25. The van der Waals surface area contributed by atoms with Gasteiger partial charge in [0.2, 0.25) is 6.79 Å². The Balaban J connectivity index is 1.86. The number of aliphatic carboxylic acids is 1. The molecule has 0 radical (unpaired) electrons. The summed E-state index contributed by atoms with van der Waals surface area (Å²) in [5.41, 5.74) is 2.31. The maximum absolute atomic E-state index is 13.7. The molecule has 0 spiro atoms. The van der Waals surface area contributed by atoms with E-state index >= 15 is 0 Å². The van der Waals surface area contributed by atoms with Crippen LogP contribution in [0.25, 0.3) is 5.57 Å². The van der Waals surface area contributed by atoms with Gasteiger partial charge in [-0.05, 0) is 59.7 Å². The van der Waals surface area contributed by atoms with Gasteiger partial charge in [0, 0.05) is 42.9 Å². The number of carboxylic acid groups (broad SMARTS) is 1. The number of ketones is 1. The first kappa shape index (κ1) is 22.9. The molecule has 0 saturated heterocycles. The number of nitrogens with zero attached hydrogens (tertiary/aromatic N) is 1. The van der Waals surface area contributed by atoms with Crippen LogP contribution >= 0.6 is 0 Å². The fraction of sp³-hybridized carbons (Fsp3) is 0.185. The molecule has 7 heteroatoms. The van der Waals surface area contributed by atoms with Crippen LogP contribution in [0.15, 0.2) is 72.3 Å². The number of rotatable bonds is 8. The lowest BCUT2D eigenvalue weighted by molar-refractivity contribution is -0.295. The van der Waals surface area contributed by atoms with Gasteiger partial charge < -0.3 is 29.0 Å². The number of hydrogen-bond donors (Lipinski definition) is 0. The SMILES string of the molecule is COc1ccc(C(=O)/C(Cc2cccc(N(C)C)c2)=C(\C(=O)[O-])c2ccc3c(c2)OCO3)cc1. The molecule has 0 fully saturated rings. The Morgan fingerprint density at radius 1 is 0.941 bits per heavy atom. The number of benzene rings is 3. The smallest absolute Gasteiger partial charge is 0.231 e. The zero-order chi connectivity index (χ0) is 24.2. The van der Waals surface area contributed by atoms with Crippen molar-refractivity contribution in [2.24, 2.45) is 0 Å². The minimum absolute atomic E-state index is 0.0537.